The van der Waals surface area contributed by atoms with Crippen molar-refractivity contribution in [3.63, 3.8) is 0 Å². The van der Waals surface area contributed by atoms with Crippen LogP contribution in [0.5, 0.6) is 11.5 Å². The van der Waals surface area contributed by atoms with Crippen LogP contribution in [0, 0.1) is 5.82 Å². The molecular formula is C15H12Br3FO2. The van der Waals surface area contributed by atoms with Crippen molar-refractivity contribution >= 4 is 47.8 Å². The van der Waals surface area contributed by atoms with Gasteiger partial charge in [-0.05, 0) is 67.3 Å². The molecule has 0 N–H and O–H groups in total. The Labute approximate surface area is 148 Å². The number of rotatable bonds is 5. The van der Waals surface area contributed by atoms with E-state index in [1.807, 2.05) is 12.1 Å². The maximum atomic E-state index is 13.2. The van der Waals surface area contributed by atoms with Gasteiger partial charge in [0, 0.05) is 5.33 Å². The minimum absolute atomic E-state index is 0.292. The Bertz CT molecular complexity index is 647. The van der Waals surface area contributed by atoms with Gasteiger partial charge in [0.25, 0.3) is 0 Å². The first-order valence-corrected chi connectivity index (χ1v) is 8.75. The summed E-state index contributed by atoms with van der Waals surface area (Å²) in [6.45, 7) is 0.321. The molecule has 0 spiro atoms. The quantitative estimate of drug-likeness (QED) is 0.499. The SMILES string of the molecule is COc1cc(CBr)cc(Br)c1OCc1ccc(F)c(Br)c1. The first-order chi connectivity index (χ1) is 10.0. The van der Waals surface area contributed by atoms with E-state index in [4.69, 9.17) is 9.47 Å². The lowest BCUT2D eigenvalue weighted by Crippen LogP contribution is -2.00. The van der Waals surface area contributed by atoms with Gasteiger partial charge in [0.05, 0.1) is 16.1 Å². The van der Waals surface area contributed by atoms with Gasteiger partial charge in [-0.2, -0.15) is 0 Å². The van der Waals surface area contributed by atoms with Crippen molar-refractivity contribution in [2.75, 3.05) is 7.11 Å². The number of methoxy groups -OCH3 is 1. The highest BCUT2D eigenvalue weighted by molar-refractivity contribution is 9.11. The molecule has 0 amide bonds. The predicted octanol–water partition coefficient (Wildman–Crippen LogP) is 5.83. The molecule has 112 valence electrons. The second-order valence-electron chi connectivity index (χ2n) is 4.28. The zero-order valence-electron chi connectivity index (χ0n) is 11.1. The molecule has 2 aromatic carbocycles. The van der Waals surface area contributed by atoms with Gasteiger partial charge in [-0.25, -0.2) is 4.39 Å². The number of halogens is 4. The van der Waals surface area contributed by atoms with E-state index in [1.165, 1.54) is 6.07 Å². The van der Waals surface area contributed by atoms with Crippen molar-refractivity contribution in [3.05, 3.63) is 56.2 Å². The Morgan fingerprint density at radius 3 is 2.38 bits per heavy atom. The van der Waals surface area contributed by atoms with Gasteiger partial charge in [-0.3, -0.25) is 0 Å². The van der Waals surface area contributed by atoms with Gasteiger partial charge in [-0.1, -0.05) is 22.0 Å². The largest absolute Gasteiger partial charge is 0.493 e. The number of benzene rings is 2. The first-order valence-electron chi connectivity index (χ1n) is 6.04. The van der Waals surface area contributed by atoms with Crippen molar-refractivity contribution in [3.8, 4) is 11.5 Å². The number of hydrogen-bond donors (Lipinski definition) is 0. The van der Waals surface area contributed by atoms with Crippen molar-refractivity contribution in [2.24, 2.45) is 0 Å². The molecule has 6 heteroatoms. The lowest BCUT2D eigenvalue weighted by Gasteiger charge is -2.14. The lowest BCUT2D eigenvalue weighted by atomic mass is 10.2. The molecule has 0 radical (unpaired) electrons. The molecule has 0 saturated heterocycles. The molecule has 0 fully saturated rings. The van der Waals surface area contributed by atoms with E-state index < -0.39 is 0 Å². The second kappa shape index (κ2) is 7.61. The van der Waals surface area contributed by atoms with E-state index >= 15 is 0 Å². The standard InChI is InChI=1S/C15H12Br3FO2/c1-20-14-6-10(7-16)5-12(18)15(14)21-8-9-2-3-13(19)11(17)4-9/h2-6H,7-8H2,1H3. The van der Waals surface area contributed by atoms with Gasteiger partial charge in [0.2, 0.25) is 0 Å². The van der Waals surface area contributed by atoms with E-state index in [-0.39, 0.29) is 5.82 Å². The zero-order valence-corrected chi connectivity index (χ0v) is 15.9. The summed E-state index contributed by atoms with van der Waals surface area (Å²) in [6, 6.07) is 8.67. The first kappa shape index (κ1) is 16.8. The smallest absolute Gasteiger partial charge is 0.175 e. The van der Waals surface area contributed by atoms with Crippen molar-refractivity contribution in [1.29, 1.82) is 0 Å². The topological polar surface area (TPSA) is 18.5 Å². The molecule has 0 aliphatic rings. The molecule has 0 aliphatic carbocycles. The summed E-state index contributed by atoms with van der Waals surface area (Å²) in [5.41, 5.74) is 1.94. The lowest BCUT2D eigenvalue weighted by molar-refractivity contribution is 0.282. The van der Waals surface area contributed by atoms with Crippen LogP contribution in [0.25, 0.3) is 0 Å². The third kappa shape index (κ3) is 4.20. The summed E-state index contributed by atoms with van der Waals surface area (Å²) in [6.07, 6.45) is 0. The van der Waals surface area contributed by atoms with Crippen LogP contribution in [0.2, 0.25) is 0 Å². The van der Waals surface area contributed by atoms with Crippen LogP contribution in [0.15, 0.2) is 39.3 Å². The van der Waals surface area contributed by atoms with Gasteiger partial charge < -0.3 is 9.47 Å². The van der Waals surface area contributed by atoms with E-state index in [2.05, 4.69) is 47.8 Å². The number of hydrogen-bond acceptors (Lipinski definition) is 2. The third-order valence-corrected chi connectivity index (χ3v) is 4.65. The summed E-state index contributed by atoms with van der Waals surface area (Å²) >= 11 is 10.1. The fourth-order valence-corrected chi connectivity index (χ4v) is 3.13. The Balaban J connectivity index is 2.21. The Morgan fingerprint density at radius 2 is 1.76 bits per heavy atom. The Hall–Kier alpha value is -0.590. The molecule has 0 bridgehead atoms. The minimum atomic E-state index is -0.292. The van der Waals surface area contributed by atoms with Crippen LogP contribution in [0.1, 0.15) is 11.1 Å². The maximum Gasteiger partial charge on any atom is 0.175 e. The van der Waals surface area contributed by atoms with Crippen LogP contribution < -0.4 is 9.47 Å². The molecule has 2 nitrogen and oxygen atoms in total. The second-order valence-corrected chi connectivity index (χ2v) is 6.55. The van der Waals surface area contributed by atoms with E-state index in [9.17, 15) is 4.39 Å². The highest BCUT2D eigenvalue weighted by Gasteiger charge is 2.12. The average Bonchev–Trinajstić information content (AvgIpc) is 2.48. The molecule has 0 aliphatic heterocycles. The predicted molar refractivity (Wildman–Crippen MR) is 91.8 cm³/mol. The van der Waals surface area contributed by atoms with Gasteiger partial charge in [-0.15, -0.1) is 0 Å². The van der Waals surface area contributed by atoms with Gasteiger partial charge >= 0.3 is 0 Å². The van der Waals surface area contributed by atoms with Crippen LogP contribution in [0.4, 0.5) is 4.39 Å². The summed E-state index contributed by atoms with van der Waals surface area (Å²) < 4.78 is 25.6. The molecule has 2 rings (SSSR count). The molecular weight excluding hydrogens is 471 g/mol. The zero-order chi connectivity index (χ0) is 15.4. The number of ether oxygens (including phenoxy) is 2. The van der Waals surface area contributed by atoms with E-state index in [0.717, 1.165) is 20.9 Å². The molecule has 0 heterocycles. The van der Waals surface area contributed by atoms with Crippen molar-refractivity contribution in [2.45, 2.75) is 11.9 Å². The van der Waals surface area contributed by atoms with Crippen LogP contribution in [0.3, 0.4) is 0 Å². The summed E-state index contributed by atoms with van der Waals surface area (Å²) in [4.78, 5) is 0. The fraction of sp³-hybridized carbons (Fsp3) is 0.200. The Kier molecular flexibility index (Phi) is 6.08. The maximum absolute atomic E-state index is 13.2. The fourth-order valence-electron chi connectivity index (χ4n) is 1.78. The van der Waals surface area contributed by atoms with E-state index in [1.54, 1.807) is 19.2 Å². The highest BCUT2D eigenvalue weighted by Crippen LogP contribution is 2.37. The van der Waals surface area contributed by atoms with Crippen LogP contribution in [-0.4, -0.2) is 7.11 Å². The van der Waals surface area contributed by atoms with Crippen LogP contribution >= 0.6 is 47.8 Å². The highest BCUT2D eigenvalue weighted by atomic mass is 79.9. The normalized spacial score (nSPS) is 10.5. The molecule has 0 saturated carbocycles. The van der Waals surface area contributed by atoms with Gasteiger partial charge in [0.1, 0.15) is 12.4 Å². The summed E-state index contributed by atoms with van der Waals surface area (Å²) in [5.74, 6) is 0.988. The Morgan fingerprint density at radius 1 is 1.05 bits per heavy atom. The molecule has 0 unspecified atom stereocenters. The van der Waals surface area contributed by atoms with E-state index in [0.29, 0.717) is 22.6 Å². The molecule has 21 heavy (non-hydrogen) atoms. The molecule has 0 atom stereocenters. The van der Waals surface area contributed by atoms with Crippen LogP contribution in [-0.2, 0) is 11.9 Å². The third-order valence-electron chi connectivity index (χ3n) is 2.81. The minimum Gasteiger partial charge on any atom is -0.493 e. The monoisotopic (exact) mass is 480 g/mol. The average molecular weight is 483 g/mol. The molecule has 0 aromatic heterocycles. The summed E-state index contributed by atoms with van der Waals surface area (Å²) in [5, 5.41) is 0.729. The van der Waals surface area contributed by atoms with Crippen molar-refractivity contribution in [1.82, 2.24) is 0 Å². The van der Waals surface area contributed by atoms with Crippen molar-refractivity contribution < 1.29 is 13.9 Å². The van der Waals surface area contributed by atoms with Gasteiger partial charge in [0.15, 0.2) is 11.5 Å². The molecule has 2 aromatic rings. The summed E-state index contributed by atoms with van der Waals surface area (Å²) in [7, 11) is 1.60. The number of alkyl halides is 1.